The molecular weight excluding hydrogens is 362 g/mol. The van der Waals surface area contributed by atoms with Crippen molar-refractivity contribution in [1.29, 1.82) is 0 Å². The second-order valence-corrected chi connectivity index (χ2v) is 9.06. The third-order valence-corrected chi connectivity index (χ3v) is 7.24. The van der Waals surface area contributed by atoms with Crippen molar-refractivity contribution in [3.8, 4) is 0 Å². The molecule has 0 aromatic heterocycles. The average molecular weight is 398 g/mol. The Bertz CT molecular complexity index is 687. The Kier molecular flexibility index (Phi) is 6.53. The molecule has 2 saturated heterocycles. The van der Waals surface area contributed by atoms with Gasteiger partial charge in [0.2, 0.25) is 11.8 Å². The smallest absolute Gasteiger partial charge is 0.233 e. The summed E-state index contributed by atoms with van der Waals surface area (Å²) < 4.78 is 0. The molecule has 1 aliphatic carbocycles. The van der Waals surface area contributed by atoms with Gasteiger partial charge in [-0.05, 0) is 70.1 Å². The predicted molar refractivity (Wildman–Crippen MR) is 115 cm³/mol. The zero-order chi connectivity index (χ0) is 20.1. The van der Waals surface area contributed by atoms with Crippen molar-refractivity contribution in [1.82, 2.24) is 15.1 Å². The van der Waals surface area contributed by atoms with E-state index in [9.17, 15) is 9.59 Å². The molecule has 3 fully saturated rings. The molecule has 1 saturated carbocycles. The van der Waals surface area contributed by atoms with Crippen LogP contribution < -0.4 is 5.32 Å². The lowest BCUT2D eigenvalue weighted by atomic mass is 9.63. The van der Waals surface area contributed by atoms with Crippen molar-refractivity contribution >= 4 is 11.8 Å². The molecule has 1 aromatic rings. The Balaban J connectivity index is 1.22. The number of likely N-dealkylation sites (tertiary alicyclic amines) is 2. The monoisotopic (exact) mass is 397 g/mol. The SMILES string of the molecule is O=C(NCCCN1CCCC1)C1CCN(C(=O)C2(c3ccccc3)CCC2)CC1. The van der Waals surface area contributed by atoms with E-state index in [0.717, 1.165) is 57.2 Å². The van der Waals surface area contributed by atoms with Gasteiger partial charge in [0.15, 0.2) is 0 Å². The minimum Gasteiger partial charge on any atom is -0.356 e. The van der Waals surface area contributed by atoms with E-state index in [4.69, 9.17) is 0 Å². The molecule has 0 unspecified atom stereocenters. The highest BCUT2D eigenvalue weighted by atomic mass is 16.2. The van der Waals surface area contributed by atoms with Gasteiger partial charge in [0.1, 0.15) is 0 Å². The summed E-state index contributed by atoms with van der Waals surface area (Å²) >= 11 is 0. The number of hydrogen-bond donors (Lipinski definition) is 1. The van der Waals surface area contributed by atoms with Gasteiger partial charge in [0, 0.05) is 25.6 Å². The molecule has 1 aromatic carbocycles. The van der Waals surface area contributed by atoms with Crippen molar-refractivity contribution in [2.24, 2.45) is 5.92 Å². The number of carbonyl (C=O) groups excluding carboxylic acids is 2. The van der Waals surface area contributed by atoms with E-state index < -0.39 is 0 Å². The molecule has 5 heteroatoms. The van der Waals surface area contributed by atoms with Crippen LogP contribution in [0.4, 0.5) is 0 Å². The molecule has 29 heavy (non-hydrogen) atoms. The van der Waals surface area contributed by atoms with Crippen molar-refractivity contribution in [2.75, 3.05) is 39.3 Å². The second-order valence-electron chi connectivity index (χ2n) is 9.06. The first kappa shape index (κ1) is 20.4. The quantitative estimate of drug-likeness (QED) is 0.720. The topological polar surface area (TPSA) is 52.7 Å². The van der Waals surface area contributed by atoms with E-state index in [1.54, 1.807) is 0 Å². The number of hydrogen-bond acceptors (Lipinski definition) is 3. The summed E-state index contributed by atoms with van der Waals surface area (Å²) in [6.07, 6.45) is 8.26. The normalized spacial score (nSPS) is 22.3. The van der Waals surface area contributed by atoms with Crippen molar-refractivity contribution in [3.63, 3.8) is 0 Å². The van der Waals surface area contributed by atoms with Crippen molar-refractivity contribution in [3.05, 3.63) is 35.9 Å². The summed E-state index contributed by atoms with van der Waals surface area (Å²) in [7, 11) is 0. The molecule has 2 aliphatic heterocycles. The lowest BCUT2D eigenvalue weighted by molar-refractivity contribution is -0.144. The molecule has 0 atom stereocenters. The molecular formula is C24H35N3O2. The highest BCUT2D eigenvalue weighted by Crippen LogP contribution is 2.45. The minimum atomic E-state index is -0.314. The molecule has 5 nitrogen and oxygen atoms in total. The van der Waals surface area contributed by atoms with Gasteiger partial charge in [-0.2, -0.15) is 0 Å². The van der Waals surface area contributed by atoms with E-state index in [0.29, 0.717) is 13.1 Å². The Morgan fingerprint density at radius 3 is 2.28 bits per heavy atom. The molecule has 2 amide bonds. The van der Waals surface area contributed by atoms with Gasteiger partial charge in [-0.3, -0.25) is 9.59 Å². The number of rotatable bonds is 7. The highest BCUT2D eigenvalue weighted by Gasteiger charge is 2.48. The average Bonchev–Trinajstić information content (AvgIpc) is 3.25. The van der Waals surface area contributed by atoms with E-state index in [-0.39, 0.29) is 23.1 Å². The summed E-state index contributed by atoms with van der Waals surface area (Å²) in [6, 6.07) is 10.3. The van der Waals surface area contributed by atoms with Crippen molar-refractivity contribution < 1.29 is 9.59 Å². The van der Waals surface area contributed by atoms with Gasteiger partial charge in [0.25, 0.3) is 0 Å². The minimum absolute atomic E-state index is 0.0555. The first-order valence-corrected chi connectivity index (χ1v) is 11.5. The second kappa shape index (κ2) is 9.29. The molecule has 0 spiro atoms. The van der Waals surface area contributed by atoms with Crippen LogP contribution in [0, 0.1) is 5.92 Å². The van der Waals surface area contributed by atoms with Gasteiger partial charge in [-0.15, -0.1) is 0 Å². The molecule has 4 rings (SSSR count). The fraction of sp³-hybridized carbons (Fsp3) is 0.667. The van der Waals surface area contributed by atoms with Crippen LogP contribution in [-0.4, -0.2) is 60.9 Å². The fourth-order valence-electron chi connectivity index (χ4n) is 5.23. The molecule has 0 radical (unpaired) electrons. The van der Waals surface area contributed by atoms with Crippen LogP contribution in [0.2, 0.25) is 0 Å². The Labute approximate surface area is 174 Å². The van der Waals surface area contributed by atoms with E-state index in [1.807, 2.05) is 23.1 Å². The maximum absolute atomic E-state index is 13.3. The van der Waals surface area contributed by atoms with Gasteiger partial charge in [0.05, 0.1) is 5.41 Å². The van der Waals surface area contributed by atoms with Crippen LogP contribution in [-0.2, 0) is 15.0 Å². The van der Waals surface area contributed by atoms with Gasteiger partial charge >= 0.3 is 0 Å². The Hall–Kier alpha value is -1.88. The summed E-state index contributed by atoms with van der Waals surface area (Å²) in [4.78, 5) is 30.4. The standard InChI is InChI=1S/C24H35N3O2/c28-22(25-14-7-17-26-15-4-5-16-26)20-10-18-27(19-11-20)23(29)24(12-6-13-24)21-8-2-1-3-9-21/h1-3,8-9,20H,4-7,10-19H2,(H,25,28). The maximum atomic E-state index is 13.3. The maximum Gasteiger partial charge on any atom is 0.233 e. The van der Waals surface area contributed by atoms with Crippen LogP contribution in [0.15, 0.2) is 30.3 Å². The van der Waals surface area contributed by atoms with Crippen molar-refractivity contribution in [2.45, 2.75) is 56.8 Å². The summed E-state index contributed by atoms with van der Waals surface area (Å²) in [6.45, 7) is 5.70. The first-order chi connectivity index (χ1) is 14.2. The Morgan fingerprint density at radius 1 is 0.966 bits per heavy atom. The number of amides is 2. The number of nitrogens with one attached hydrogen (secondary N) is 1. The number of nitrogens with zero attached hydrogens (tertiary/aromatic N) is 2. The number of carbonyl (C=O) groups is 2. The molecule has 1 N–H and O–H groups in total. The predicted octanol–water partition coefficient (Wildman–Crippen LogP) is 2.95. The highest BCUT2D eigenvalue weighted by molar-refractivity contribution is 5.89. The van der Waals surface area contributed by atoms with Crippen LogP contribution in [0.1, 0.15) is 56.9 Å². The lowest BCUT2D eigenvalue weighted by Gasteiger charge is -2.45. The lowest BCUT2D eigenvalue weighted by Crippen LogP contribution is -2.53. The van der Waals surface area contributed by atoms with Gasteiger partial charge in [-0.1, -0.05) is 36.8 Å². The van der Waals surface area contributed by atoms with E-state index in [1.165, 1.54) is 25.9 Å². The third-order valence-electron chi connectivity index (χ3n) is 7.24. The zero-order valence-corrected chi connectivity index (χ0v) is 17.6. The molecule has 158 valence electrons. The number of piperidine rings is 1. The zero-order valence-electron chi connectivity index (χ0n) is 17.6. The first-order valence-electron chi connectivity index (χ1n) is 11.5. The van der Waals surface area contributed by atoms with Gasteiger partial charge in [-0.25, -0.2) is 0 Å². The van der Waals surface area contributed by atoms with Crippen LogP contribution in [0.25, 0.3) is 0 Å². The fourth-order valence-corrected chi connectivity index (χ4v) is 5.23. The molecule has 2 heterocycles. The van der Waals surface area contributed by atoms with Gasteiger partial charge < -0.3 is 15.1 Å². The molecule has 3 aliphatic rings. The van der Waals surface area contributed by atoms with Crippen LogP contribution in [0.5, 0.6) is 0 Å². The summed E-state index contributed by atoms with van der Waals surface area (Å²) in [5.74, 6) is 0.513. The molecule has 0 bridgehead atoms. The summed E-state index contributed by atoms with van der Waals surface area (Å²) in [5, 5.41) is 3.13. The summed E-state index contributed by atoms with van der Waals surface area (Å²) in [5.41, 5.74) is 0.848. The largest absolute Gasteiger partial charge is 0.356 e. The Morgan fingerprint density at radius 2 is 1.66 bits per heavy atom. The van der Waals surface area contributed by atoms with E-state index in [2.05, 4.69) is 22.3 Å². The third kappa shape index (κ3) is 4.50. The van der Waals surface area contributed by atoms with Crippen LogP contribution >= 0.6 is 0 Å². The van der Waals surface area contributed by atoms with E-state index >= 15 is 0 Å². The number of benzene rings is 1. The van der Waals surface area contributed by atoms with Crippen LogP contribution in [0.3, 0.4) is 0 Å².